The van der Waals surface area contributed by atoms with Gasteiger partial charge in [0.15, 0.2) is 0 Å². The minimum absolute atomic E-state index is 0.122. The van der Waals surface area contributed by atoms with Gasteiger partial charge in [-0.3, -0.25) is 14.4 Å². The number of amides is 3. The van der Waals surface area contributed by atoms with E-state index in [1.165, 1.54) is 4.90 Å². The van der Waals surface area contributed by atoms with Crippen LogP contribution in [0.25, 0.3) is 21.8 Å². The molecule has 3 heterocycles. The number of carboxylic acids is 1. The molecule has 2 aromatic heterocycles. The van der Waals surface area contributed by atoms with E-state index in [2.05, 4.69) is 20.6 Å². The third-order valence-electron chi connectivity index (χ3n) is 8.56. The zero-order valence-corrected chi connectivity index (χ0v) is 25.1. The number of nitrogens with one attached hydrogen (secondary N) is 4. The molecule has 4 atom stereocenters. The van der Waals surface area contributed by atoms with Crippen LogP contribution in [0.3, 0.4) is 0 Å². The first-order chi connectivity index (χ1) is 21.8. The van der Waals surface area contributed by atoms with Crippen LogP contribution < -0.4 is 22.1 Å². The van der Waals surface area contributed by atoms with Gasteiger partial charge in [0.25, 0.3) is 0 Å². The Morgan fingerprint density at radius 1 is 0.889 bits per heavy atom. The van der Waals surface area contributed by atoms with Crippen molar-refractivity contribution in [1.82, 2.24) is 25.5 Å². The van der Waals surface area contributed by atoms with Crippen molar-refractivity contribution in [2.24, 2.45) is 11.5 Å². The number of carboxylic acid groups (broad SMARTS) is 1. The van der Waals surface area contributed by atoms with Crippen LogP contribution in [0.2, 0.25) is 0 Å². The van der Waals surface area contributed by atoms with Gasteiger partial charge in [0.05, 0.1) is 6.04 Å². The Hall–Kier alpha value is -4.68. The molecule has 0 radical (unpaired) electrons. The van der Waals surface area contributed by atoms with Crippen LogP contribution in [-0.4, -0.2) is 80.9 Å². The monoisotopic (exact) mass is 615 g/mol. The largest absolute Gasteiger partial charge is 0.480 e. The lowest BCUT2D eigenvalue weighted by Crippen LogP contribution is -2.57. The molecule has 2 aromatic carbocycles. The van der Waals surface area contributed by atoms with E-state index in [4.69, 9.17) is 11.5 Å². The van der Waals surface area contributed by atoms with E-state index >= 15 is 0 Å². The highest BCUT2D eigenvalue weighted by atomic mass is 16.4. The van der Waals surface area contributed by atoms with Crippen LogP contribution in [0.5, 0.6) is 0 Å². The van der Waals surface area contributed by atoms with Crippen molar-refractivity contribution in [2.45, 2.75) is 69.1 Å². The van der Waals surface area contributed by atoms with Crippen molar-refractivity contribution in [2.75, 3.05) is 13.1 Å². The van der Waals surface area contributed by atoms with Crippen molar-refractivity contribution in [3.63, 3.8) is 0 Å². The van der Waals surface area contributed by atoms with E-state index in [0.717, 1.165) is 32.9 Å². The number of rotatable bonds is 14. The maximum Gasteiger partial charge on any atom is 0.326 e. The molecule has 12 nitrogen and oxygen atoms in total. The molecule has 0 aliphatic carbocycles. The molecule has 1 aliphatic rings. The average molecular weight is 616 g/mol. The summed E-state index contributed by atoms with van der Waals surface area (Å²) in [4.78, 5) is 60.7. The summed E-state index contributed by atoms with van der Waals surface area (Å²) >= 11 is 0. The van der Waals surface area contributed by atoms with Crippen LogP contribution in [0.1, 0.15) is 43.2 Å². The predicted octanol–water partition coefficient (Wildman–Crippen LogP) is 1.94. The Morgan fingerprint density at radius 3 is 2.13 bits per heavy atom. The molecule has 0 bridgehead atoms. The number of likely N-dealkylation sites (tertiary alicyclic amines) is 1. The number of aromatic amines is 2. The van der Waals surface area contributed by atoms with Crippen molar-refractivity contribution in [3.8, 4) is 0 Å². The fourth-order valence-electron chi connectivity index (χ4n) is 6.16. The van der Waals surface area contributed by atoms with Gasteiger partial charge in [-0.25, -0.2) is 4.79 Å². The highest BCUT2D eigenvalue weighted by molar-refractivity contribution is 5.95. The Kier molecular flexibility index (Phi) is 10.2. The molecule has 9 N–H and O–H groups in total. The maximum atomic E-state index is 13.7. The number of aliphatic carboxylic acids is 1. The first-order valence-corrected chi connectivity index (χ1v) is 15.5. The Balaban J connectivity index is 1.31. The number of nitrogens with zero attached hydrogens (tertiary/aromatic N) is 1. The summed E-state index contributed by atoms with van der Waals surface area (Å²) in [5, 5.41) is 17.1. The number of hydrogen-bond donors (Lipinski definition) is 7. The molecular formula is C33H41N7O5. The van der Waals surface area contributed by atoms with E-state index < -0.39 is 42.0 Å². The van der Waals surface area contributed by atoms with Gasteiger partial charge in [0.2, 0.25) is 17.7 Å². The van der Waals surface area contributed by atoms with Gasteiger partial charge < -0.3 is 42.1 Å². The molecule has 4 aromatic rings. The maximum absolute atomic E-state index is 13.7. The fourth-order valence-corrected chi connectivity index (χ4v) is 6.16. The van der Waals surface area contributed by atoms with Crippen molar-refractivity contribution >= 4 is 45.5 Å². The van der Waals surface area contributed by atoms with E-state index in [1.54, 1.807) is 6.20 Å². The molecule has 0 spiro atoms. The van der Waals surface area contributed by atoms with Crippen molar-refractivity contribution in [1.29, 1.82) is 0 Å². The number of nitrogens with two attached hydrogens (primary N) is 2. The molecule has 0 saturated carbocycles. The first-order valence-electron chi connectivity index (χ1n) is 15.5. The van der Waals surface area contributed by atoms with E-state index in [1.807, 2.05) is 54.7 Å². The SMILES string of the molecule is NCCCCC(NC(=O)C(Cc1c[nH]c2ccccc12)NC(=O)C1CCCN1C(=O)C(N)Cc1c[nH]c2ccccc12)C(=O)O. The molecule has 3 amide bonds. The van der Waals surface area contributed by atoms with Crippen LogP contribution in [-0.2, 0) is 32.0 Å². The number of benzene rings is 2. The molecule has 238 valence electrons. The summed E-state index contributed by atoms with van der Waals surface area (Å²) in [6.45, 7) is 0.793. The lowest BCUT2D eigenvalue weighted by atomic mass is 10.0. The lowest BCUT2D eigenvalue weighted by molar-refractivity contribution is -0.143. The third-order valence-corrected chi connectivity index (χ3v) is 8.56. The summed E-state index contributed by atoms with van der Waals surface area (Å²) in [6.07, 6.45) is 6.47. The van der Waals surface area contributed by atoms with E-state index in [-0.39, 0.29) is 18.7 Å². The zero-order chi connectivity index (χ0) is 31.9. The summed E-state index contributed by atoms with van der Waals surface area (Å²) in [7, 11) is 0. The zero-order valence-electron chi connectivity index (χ0n) is 25.1. The van der Waals surface area contributed by atoms with Crippen LogP contribution in [0.15, 0.2) is 60.9 Å². The molecule has 4 unspecified atom stereocenters. The molecule has 1 aliphatic heterocycles. The Labute approximate surface area is 260 Å². The number of hydrogen-bond acceptors (Lipinski definition) is 6. The number of carbonyl (C=O) groups excluding carboxylic acids is 3. The minimum Gasteiger partial charge on any atom is -0.480 e. The number of H-pyrrole nitrogens is 2. The molecule has 1 saturated heterocycles. The topological polar surface area (TPSA) is 199 Å². The lowest BCUT2D eigenvalue weighted by Gasteiger charge is -2.28. The third kappa shape index (κ3) is 7.35. The van der Waals surface area contributed by atoms with Gasteiger partial charge in [0.1, 0.15) is 18.1 Å². The van der Waals surface area contributed by atoms with Gasteiger partial charge >= 0.3 is 5.97 Å². The average Bonchev–Trinajstić information content (AvgIpc) is 3.79. The number of para-hydroxylation sites is 2. The van der Waals surface area contributed by atoms with Crippen LogP contribution in [0.4, 0.5) is 0 Å². The highest BCUT2D eigenvalue weighted by Crippen LogP contribution is 2.23. The Bertz CT molecular complexity index is 1660. The van der Waals surface area contributed by atoms with Crippen molar-refractivity contribution < 1.29 is 24.3 Å². The summed E-state index contributed by atoms with van der Waals surface area (Å²) < 4.78 is 0. The molecule has 12 heteroatoms. The van der Waals surface area contributed by atoms with Gasteiger partial charge in [-0.2, -0.15) is 0 Å². The standard InChI is InChI=1S/C33H41N7O5/c34-14-6-5-12-27(33(44)45)38-30(41)28(17-21-19-37-26-11-4-2-9-23(21)26)39-31(42)29-13-7-15-40(29)32(43)24(35)16-20-18-36-25-10-3-1-8-22(20)25/h1-4,8-11,18-19,24,27-29,36-37H,5-7,12-17,34-35H2,(H,38,41)(H,39,42)(H,44,45). The van der Waals surface area contributed by atoms with Gasteiger partial charge in [0, 0.05) is 47.2 Å². The van der Waals surface area contributed by atoms with Crippen LogP contribution >= 0.6 is 0 Å². The number of carbonyl (C=O) groups is 4. The second kappa shape index (κ2) is 14.4. The van der Waals surface area contributed by atoms with Gasteiger partial charge in [-0.05, 0) is 68.3 Å². The van der Waals surface area contributed by atoms with Gasteiger partial charge in [-0.15, -0.1) is 0 Å². The number of unbranched alkanes of at least 4 members (excludes halogenated alkanes) is 1. The smallest absolute Gasteiger partial charge is 0.326 e. The van der Waals surface area contributed by atoms with Crippen molar-refractivity contribution in [3.05, 3.63) is 72.1 Å². The number of aromatic nitrogens is 2. The summed E-state index contributed by atoms with van der Waals surface area (Å²) in [5.74, 6) is -2.58. The van der Waals surface area contributed by atoms with Crippen LogP contribution in [0, 0.1) is 0 Å². The minimum atomic E-state index is -1.16. The van der Waals surface area contributed by atoms with E-state index in [9.17, 15) is 24.3 Å². The fraction of sp³-hybridized carbons (Fsp3) is 0.394. The second-order valence-corrected chi connectivity index (χ2v) is 11.7. The Morgan fingerprint density at radius 2 is 1.51 bits per heavy atom. The molecule has 5 rings (SSSR count). The quantitative estimate of drug-likeness (QED) is 0.105. The molecular weight excluding hydrogens is 574 g/mol. The molecule has 45 heavy (non-hydrogen) atoms. The predicted molar refractivity (Wildman–Crippen MR) is 171 cm³/mol. The normalized spacial score (nSPS) is 16.8. The van der Waals surface area contributed by atoms with Gasteiger partial charge in [-0.1, -0.05) is 36.4 Å². The highest BCUT2D eigenvalue weighted by Gasteiger charge is 2.38. The van der Waals surface area contributed by atoms with E-state index in [0.29, 0.717) is 45.2 Å². The molecule has 1 fully saturated rings. The second-order valence-electron chi connectivity index (χ2n) is 11.7. The summed E-state index contributed by atoms with van der Waals surface area (Å²) in [6, 6.07) is 11.5. The first kappa shape index (κ1) is 31.7. The summed E-state index contributed by atoms with van der Waals surface area (Å²) in [5.41, 5.74) is 15.5. The number of fused-ring (bicyclic) bond motifs is 2.